The molecule has 2 aromatic rings. The van der Waals surface area contributed by atoms with Crippen molar-refractivity contribution in [3.8, 4) is 5.75 Å². The predicted molar refractivity (Wildman–Crippen MR) is 89.1 cm³/mol. The van der Waals surface area contributed by atoms with Crippen LogP contribution in [-0.2, 0) is 16.2 Å². The number of allylic oxidation sites excluding steroid dienone is 2. The highest BCUT2D eigenvalue weighted by Crippen LogP contribution is 2.27. The van der Waals surface area contributed by atoms with Crippen LogP contribution in [0.4, 0.5) is 0 Å². The molecular weight excluding hydrogens is 310 g/mol. The third-order valence-corrected chi connectivity index (χ3v) is 3.62. The second-order valence-corrected chi connectivity index (χ2v) is 5.20. The molecule has 0 aliphatic carbocycles. The Morgan fingerprint density at radius 1 is 1.46 bits per heavy atom. The van der Waals surface area contributed by atoms with E-state index >= 15 is 0 Å². The first-order chi connectivity index (χ1) is 11.7. The van der Waals surface area contributed by atoms with Gasteiger partial charge < -0.3 is 14.4 Å². The SMILES string of the molecule is COc1ccccc1/C(=C\CCC(ON)C(=O)O)Cn1ccnc1. The van der Waals surface area contributed by atoms with Gasteiger partial charge in [0.15, 0.2) is 6.10 Å². The van der Waals surface area contributed by atoms with E-state index in [0.717, 1.165) is 16.9 Å². The first-order valence-electron chi connectivity index (χ1n) is 7.52. The largest absolute Gasteiger partial charge is 0.496 e. The molecule has 0 aliphatic rings. The number of carboxylic acid groups (broad SMARTS) is 1. The van der Waals surface area contributed by atoms with E-state index in [2.05, 4.69) is 9.82 Å². The standard InChI is InChI=1S/C17H21N3O4/c1-23-15-7-3-2-6-14(15)13(11-20-10-9-19-12-20)5-4-8-16(24-18)17(21)22/h2-3,5-7,9-10,12,16H,4,8,11,18H2,1H3,(H,21,22)/b13-5-. The van der Waals surface area contributed by atoms with Crippen molar-refractivity contribution >= 4 is 11.5 Å². The van der Waals surface area contributed by atoms with E-state index in [4.69, 9.17) is 15.7 Å². The van der Waals surface area contributed by atoms with Crippen LogP contribution < -0.4 is 10.6 Å². The molecule has 1 heterocycles. The van der Waals surface area contributed by atoms with Gasteiger partial charge in [-0.2, -0.15) is 0 Å². The van der Waals surface area contributed by atoms with Crippen molar-refractivity contribution in [3.05, 3.63) is 54.6 Å². The van der Waals surface area contributed by atoms with Crippen molar-refractivity contribution in [2.24, 2.45) is 5.90 Å². The zero-order valence-electron chi connectivity index (χ0n) is 13.5. The summed E-state index contributed by atoms with van der Waals surface area (Å²) in [6.07, 6.45) is 7.06. The summed E-state index contributed by atoms with van der Waals surface area (Å²) in [5.74, 6) is 4.71. The van der Waals surface area contributed by atoms with E-state index in [1.54, 1.807) is 19.6 Å². The van der Waals surface area contributed by atoms with Crippen LogP contribution in [0.5, 0.6) is 5.75 Å². The number of benzene rings is 1. The summed E-state index contributed by atoms with van der Waals surface area (Å²) < 4.78 is 7.36. The fourth-order valence-corrected chi connectivity index (χ4v) is 2.41. The number of ether oxygens (including phenoxy) is 1. The average Bonchev–Trinajstić information content (AvgIpc) is 3.10. The molecule has 1 aromatic carbocycles. The Morgan fingerprint density at radius 3 is 2.88 bits per heavy atom. The molecular formula is C17H21N3O4. The molecule has 0 spiro atoms. The predicted octanol–water partition coefficient (Wildman–Crippen LogP) is 2.10. The summed E-state index contributed by atoms with van der Waals surface area (Å²) in [6, 6.07) is 7.69. The summed E-state index contributed by atoms with van der Waals surface area (Å²) in [7, 11) is 1.62. The number of hydrogen-bond donors (Lipinski definition) is 2. The topological polar surface area (TPSA) is 99.6 Å². The third kappa shape index (κ3) is 4.68. The molecule has 0 aliphatic heterocycles. The summed E-state index contributed by atoms with van der Waals surface area (Å²) in [4.78, 5) is 19.5. The first-order valence-corrected chi connectivity index (χ1v) is 7.52. The molecule has 1 aromatic heterocycles. The Bertz CT molecular complexity index is 683. The number of aromatic nitrogens is 2. The molecule has 128 valence electrons. The zero-order valence-corrected chi connectivity index (χ0v) is 13.5. The van der Waals surface area contributed by atoms with Crippen LogP contribution >= 0.6 is 0 Å². The molecule has 0 amide bonds. The molecule has 24 heavy (non-hydrogen) atoms. The Morgan fingerprint density at radius 2 is 2.25 bits per heavy atom. The molecule has 7 nitrogen and oxygen atoms in total. The molecule has 0 fully saturated rings. The van der Waals surface area contributed by atoms with E-state index in [1.165, 1.54) is 0 Å². The van der Waals surface area contributed by atoms with Gasteiger partial charge in [0.05, 0.1) is 13.4 Å². The van der Waals surface area contributed by atoms with Crippen LogP contribution in [0.3, 0.4) is 0 Å². The van der Waals surface area contributed by atoms with Gasteiger partial charge in [0.1, 0.15) is 5.75 Å². The molecule has 1 unspecified atom stereocenters. The summed E-state index contributed by atoms with van der Waals surface area (Å²) in [5, 5.41) is 8.99. The second kappa shape index (κ2) is 8.85. The summed E-state index contributed by atoms with van der Waals surface area (Å²) >= 11 is 0. The van der Waals surface area contributed by atoms with Crippen molar-refractivity contribution < 1.29 is 19.5 Å². The third-order valence-electron chi connectivity index (χ3n) is 3.62. The molecule has 7 heteroatoms. The number of imidazole rings is 1. The van der Waals surface area contributed by atoms with E-state index in [9.17, 15) is 4.79 Å². The van der Waals surface area contributed by atoms with Crippen molar-refractivity contribution in [1.82, 2.24) is 9.55 Å². The van der Waals surface area contributed by atoms with Crippen LogP contribution in [0.15, 0.2) is 49.1 Å². The van der Waals surface area contributed by atoms with E-state index in [-0.39, 0.29) is 6.42 Å². The molecule has 1 atom stereocenters. The lowest BCUT2D eigenvalue weighted by Gasteiger charge is -2.14. The van der Waals surface area contributed by atoms with Crippen LogP contribution in [0.2, 0.25) is 0 Å². The van der Waals surface area contributed by atoms with Gasteiger partial charge in [0, 0.05) is 24.5 Å². The van der Waals surface area contributed by atoms with Crippen LogP contribution in [-0.4, -0.2) is 33.8 Å². The highest BCUT2D eigenvalue weighted by Gasteiger charge is 2.16. The van der Waals surface area contributed by atoms with Gasteiger partial charge in [-0.15, -0.1) is 0 Å². The van der Waals surface area contributed by atoms with Crippen molar-refractivity contribution in [1.29, 1.82) is 0 Å². The quantitative estimate of drug-likeness (QED) is 0.683. The normalized spacial score (nSPS) is 12.8. The highest BCUT2D eigenvalue weighted by atomic mass is 16.6. The summed E-state index contributed by atoms with van der Waals surface area (Å²) in [6.45, 7) is 0.599. The fraction of sp³-hybridized carbons (Fsp3) is 0.294. The maximum Gasteiger partial charge on any atom is 0.334 e. The first kappa shape index (κ1) is 17.7. The van der Waals surface area contributed by atoms with Gasteiger partial charge in [-0.25, -0.2) is 15.7 Å². The molecule has 0 saturated carbocycles. The van der Waals surface area contributed by atoms with Gasteiger partial charge in [0.25, 0.3) is 0 Å². The monoisotopic (exact) mass is 331 g/mol. The fourth-order valence-electron chi connectivity index (χ4n) is 2.41. The maximum absolute atomic E-state index is 11.0. The Kier molecular flexibility index (Phi) is 6.53. The molecule has 0 bridgehead atoms. The molecule has 0 radical (unpaired) electrons. The number of nitrogens with zero attached hydrogens (tertiary/aromatic N) is 2. The van der Waals surface area contributed by atoms with Crippen LogP contribution in [0.1, 0.15) is 18.4 Å². The number of carbonyl (C=O) groups is 1. The maximum atomic E-state index is 11.0. The minimum Gasteiger partial charge on any atom is -0.496 e. The lowest BCUT2D eigenvalue weighted by molar-refractivity contribution is -0.151. The smallest absolute Gasteiger partial charge is 0.334 e. The van der Waals surface area contributed by atoms with Crippen LogP contribution in [0.25, 0.3) is 5.57 Å². The highest BCUT2D eigenvalue weighted by molar-refractivity contribution is 5.73. The number of aliphatic carboxylic acids is 1. The number of nitrogens with two attached hydrogens (primary N) is 1. The number of rotatable bonds is 9. The van der Waals surface area contributed by atoms with Crippen LogP contribution in [0, 0.1) is 0 Å². The number of hydrogen-bond acceptors (Lipinski definition) is 5. The summed E-state index contributed by atoms with van der Waals surface area (Å²) in [5.41, 5.74) is 1.96. The van der Waals surface area contributed by atoms with Crippen molar-refractivity contribution in [2.45, 2.75) is 25.5 Å². The lowest BCUT2D eigenvalue weighted by atomic mass is 10.0. The number of para-hydroxylation sites is 1. The van der Waals surface area contributed by atoms with Gasteiger partial charge >= 0.3 is 5.97 Å². The number of carboxylic acids is 1. The van der Waals surface area contributed by atoms with Gasteiger partial charge in [0.2, 0.25) is 0 Å². The van der Waals surface area contributed by atoms with E-state index < -0.39 is 12.1 Å². The molecule has 2 rings (SSSR count). The Labute approximate surface area is 140 Å². The van der Waals surface area contributed by atoms with E-state index in [0.29, 0.717) is 13.0 Å². The minimum absolute atomic E-state index is 0.286. The molecule has 3 N–H and O–H groups in total. The van der Waals surface area contributed by atoms with Crippen molar-refractivity contribution in [3.63, 3.8) is 0 Å². The number of methoxy groups -OCH3 is 1. The average molecular weight is 331 g/mol. The van der Waals surface area contributed by atoms with E-state index in [1.807, 2.05) is 41.1 Å². The minimum atomic E-state index is -1.07. The zero-order chi connectivity index (χ0) is 17.4. The lowest BCUT2D eigenvalue weighted by Crippen LogP contribution is -2.26. The van der Waals surface area contributed by atoms with Gasteiger partial charge in [-0.3, -0.25) is 4.84 Å². The Balaban J connectivity index is 2.22. The van der Waals surface area contributed by atoms with Gasteiger partial charge in [-0.05, 0) is 24.5 Å². The van der Waals surface area contributed by atoms with Crippen molar-refractivity contribution in [2.75, 3.05) is 7.11 Å². The molecule has 0 saturated heterocycles. The Hall–Kier alpha value is -2.64. The van der Waals surface area contributed by atoms with Gasteiger partial charge in [-0.1, -0.05) is 24.3 Å². The second-order valence-electron chi connectivity index (χ2n) is 5.20.